The average molecular weight is 642 g/mol. The summed E-state index contributed by atoms with van der Waals surface area (Å²) in [7, 11) is 0. The van der Waals surface area contributed by atoms with E-state index < -0.39 is 97.0 Å². The topological polar surface area (TPSA) is 132 Å². The molecule has 0 radical (unpaired) electrons. The molecule has 7 atom stereocenters. The van der Waals surface area contributed by atoms with Crippen molar-refractivity contribution in [3.05, 3.63) is 0 Å². The molecule has 2 saturated heterocycles. The minimum Gasteiger partial charge on any atom is -0.463 e. The van der Waals surface area contributed by atoms with E-state index in [9.17, 15) is 63.7 Å². The Morgan fingerprint density at radius 1 is 0.810 bits per heavy atom. The van der Waals surface area contributed by atoms with Gasteiger partial charge >= 0.3 is 47.7 Å². The van der Waals surface area contributed by atoms with Crippen LogP contribution in [0.2, 0.25) is 0 Å². The summed E-state index contributed by atoms with van der Waals surface area (Å²) in [6.07, 6.45) is -16.0. The smallest absolute Gasteiger partial charge is 0.449 e. The molecule has 0 aromatic carbocycles. The molecule has 0 aromatic rings. The molecule has 42 heavy (non-hydrogen) atoms. The van der Waals surface area contributed by atoms with Gasteiger partial charge in [0.25, 0.3) is 0 Å². The summed E-state index contributed by atoms with van der Waals surface area (Å²) in [5.74, 6) is -21.6. The second kappa shape index (κ2) is 12.6. The highest BCUT2D eigenvalue weighted by atomic mass is 19.4. The normalized spacial score (nSPS) is 33.8. The van der Waals surface area contributed by atoms with Crippen molar-refractivity contribution in [3.8, 4) is 0 Å². The van der Waals surface area contributed by atoms with Crippen molar-refractivity contribution >= 4 is 11.9 Å². The van der Waals surface area contributed by atoms with Gasteiger partial charge in [0, 0.05) is 6.42 Å². The van der Waals surface area contributed by atoms with Gasteiger partial charge in [0.1, 0.15) is 25.4 Å². The first-order valence-electron chi connectivity index (χ1n) is 12.4. The number of halogens is 10. The predicted molar refractivity (Wildman–Crippen MR) is 118 cm³/mol. The molecule has 19 heteroatoms. The van der Waals surface area contributed by atoms with Crippen molar-refractivity contribution < 1.29 is 87.8 Å². The van der Waals surface area contributed by atoms with Gasteiger partial charge in [0.05, 0.1) is 11.8 Å². The molecule has 0 aromatic heterocycles. The third kappa shape index (κ3) is 7.05. The molecule has 2 aliphatic rings. The Bertz CT molecular complexity index is 956. The zero-order valence-corrected chi connectivity index (χ0v) is 22.9. The second-order valence-corrected chi connectivity index (χ2v) is 10.1. The van der Waals surface area contributed by atoms with E-state index in [1.165, 1.54) is 13.8 Å². The molecular formula is C23H32F10O9. The van der Waals surface area contributed by atoms with E-state index in [0.717, 1.165) is 0 Å². The van der Waals surface area contributed by atoms with Gasteiger partial charge in [0.15, 0.2) is 5.60 Å². The third-order valence-electron chi connectivity index (χ3n) is 6.90. The van der Waals surface area contributed by atoms with Crippen LogP contribution < -0.4 is 0 Å². The summed E-state index contributed by atoms with van der Waals surface area (Å²) >= 11 is 0. The minimum atomic E-state index is -5.85. The van der Waals surface area contributed by atoms with Gasteiger partial charge in [-0.05, 0) is 19.8 Å². The molecule has 0 saturated carbocycles. The molecule has 2 aliphatic heterocycles. The number of rotatable bonds is 8. The van der Waals surface area contributed by atoms with Crippen LogP contribution in [0.25, 0.3) is 0 Å². The Labute approximate surface area is 233 Å². The molecule has 2 fully saturated rings. The van der Waals surface area contributed by atoms with Gasteiger partial charge < -0.3 is 34.3 Å². The number of aliphatic hydroxyl groups is 3. The molecular weight excluding hydrogens is 610 g/mol. The lowest BCUT2D eigenvalue weighted by Crippen LogP contribution is -2.62. The molecule has 0 spiro atoms. The van der Waals surface area contributed by atoms with E-state index in [-0.39, 0.29) is 0 Å². The maximum atomic E-state index is 13.8. The summed E-state index contributed by atoms with van der Waals surface area (Å²) in [5, 5.41) is 27.9. The van der Waals surface area contributed by atoms with Gasteiger partial charge in [-0.2, -0.15) is 35.1 Å². The average Bonchev–Trinajstić information content (AvgIpc) is 3.18. The van der Waals surface area contributed by atoms with Crippen molar-refractivity contribution in [2.45, 2.75) is 107 Å². The Morgan fingerprint density at radius 2 is 1.21 bits per heavy atom. The number of carbonyl (C=O) groups excluding carboxylic acids is 2. The summed E-state index contributed by atoms with van der Waals surface area (Å²) in [5.41, 5.74) is -3.38. The molecule has 0 bridgehead atoms. The monoisotopic (exact) mass is 642 g/mol. The lowest BCUT2D eigenvalue weighted by molar-refractivity contribution is -0.412. The molecule has 3 N–H and O–H groups in total. The van der Waals surface area contributed by atoms with Gasteiger partial charge in [-0.1, -0.05) is 27.7 Å². The lowest BCUT2D eigenvalue weighted by atomic mass is 9.90. The van der Waals surface area contributed by atoms with Crippen LogP contribution >= 0.6 is 0 Å². The fourth-order valence-corrected chi connectivity index (χ4v) is 3.49. The SMILES string of the molecule is CCC(C)C(=O)OCC1CC(F)(F)C(O)(C(F)(F)F)O1.CCC(C)C(=O)OCC1OC(O)(C(F)(F)F)C(F)(F)C1(C)O. The molecule has 9 nitrogen and oxygen atoms in total. The first-order valence-corrected chi connectivity index (χ1v) is 12.4. The summed E-state index contributed by atoms with van der Waals surface area (Å²) < 4.78 is 146. The Kier molecular flexibility index (Phi) is 11.4. The van der Waals surface area contributed by atoms with Gasteiger partial charge in [-0.25, -0.2) is 8.78 Å². The molecule has 0 amide bonds. The van der Waals surface area contributed by atoms with E-state index in [0.29, 0.717) is 19.8 Å². The van der Waals surface area contributed by atoms with Gasteiger partial charge in [0.2, 0.25) is 0 Å². The fraction of sp³-hybridized carbons (Fsp3) is 0.913. The fourth-order valence-electron chi connectivity index (χ4n) is 3.49. The van der Waals surface area contributed by atoms with E-state index in [2.05, 4.69) is 18.9 Å². The summed E-state index contributed by atoms with van der Waals surface area (Å²) in [4.78, 5) is 22.7. The minimum absolute atomic E-state index is 0.364. The number of ether oxygens (including phenoxy) is 4. The van der Waals surface area contributed by atoms with E-state index in [1.807, 2.05) is 0 Å². The molecule has 248 valence electrons. The maximum Gasteiger partial charge on any atom is 0.449 e. The highest BCUT2D eigenvalue weighted by molar-refractivity contribution is 5.72. The number of esters is 2. The van der Waals surface area contributed by atoms with Crippen molar-refractivity contribution in [1.82, 2.24) is 0 Å². The zero-order chi connectivity index (χ0) is 33.3. The molecule has 2 rings (SSSR count). The molecule has 7 unspecified atom stereocenters. The Balaban J connectivity index is 0.000000422. The zero-order valence-electron chi connectivity index (χ0n) is 22.9. The number of carbonyl (C=O) groups is 2. The van der Waals surface area contributed by atoms with Crippen LogP contribution in [0.5, 0.6) is 0 Å². The van der Waals surface area contributed by atoms with Crippen molar-refractivity contribution in [2.24, 2.45) is 11.8 Å². The highest BCUT2D eigenvalue weighted by Gasteiger charge is 2.84. The van der Waals surface area contributed by atoms with Crippen LogP contribution in [-0.4, -0.2) is 94.1 Å². The van der Waals surface area contributed by atoms with Crippen LogP contribution in [0.15, 0.2) is 0 Å². The van der Waals surface area contributed by atoms with Gasteiger partial charge in [-0.3, -0.25) is 9.59 Å². The lowest BCUT2D eigenvalue weighted by Gasteiger charge is -2.33. The van der Waals surface area contributed by atoms with Crippen molar-refractivity contribution in [2.75, 3.05) is 13.2 Å². The largest absolute Gasteiger partial charge is 0.463 e. The number of alkyl halides is 10. The van der Waals surface area contributed by atoms with Crippen LogP contribution in [0.1, 0.15) is 53.9 Å². The quantitative estimate of drug-likeness (QED) is 0.267. The van der Waals surface area contributed by atoms with Crippen LogP contribution in [-0.2, 0) is 28.5 Å². The highest BCUT2D eigenvalue weighted by Crippen LogP contribution is 2.55. The first kappa shape index (κ1) is 38.1. The van der Waals surface area contributed by atoms with Crippen molar-refractivity contribution in [1.29, 1.82) is 0 Å². The Hall–Kier alpha value is -1.96. The van der Waals surface area contributed by atoms with Crippen LogP contribution in [0, 0.1) is 11.8 Å². The summed E-state index contributed by atoms with van der Waals surface area (Å²) in [6, 6.07) is 0. The van der Waals surface area contributed by atoms with Crippen LogP contribution in [0.4, 0.5) is 43.9 Å². The van der Waals surface area contributed by atoms with Gasteiger partial charge in [-0.15, -0.1) is 0 Å². The van der Waals surface area contributed by atoms with E-state index in [4.69, 9.17) is 5.11 Å². The number of hydrogen-bond acceptors (Lipinski definition) is 9. The molecule has 2 heterocycles. The van der Waals surface area contributed by atoms with Crippen LogP contribution in [0.3, 0.4) is 0 Å². The Morgan fingerprint density at radius 3 is 1.55 bits per heavy atom. The predicted octanol–water partition coefficient (Wildman–Crippen LogP) is 3.86. The number of hydrogen-bond donors (Lipinski definition) is 3. The van der Waals surface area contributed by atoms with E-state index >= 15 is 0 Å². The summed E-state index contributed by atoms with van der Waals surface area (Å²) in [6.45, 7) is 4.88. The second-order valence-electron chi connectivity index (χ2n) is 10.1. The maximum absolute atomic E-state index is 13.8. The standard InChI is InChI=1S/C12H17F5O5.C11H15F5O4/c1-4-6(2)8(18)21-5-7-9(3,19)10(13,14)11(20,22-7)12(15,16)17;1-3-6(2)8(17)19-5-7-4-9(12,13)10(18,20-7)11(14,15)16/h6-7,19-20H,4-5H2,1-3H3;6-7,18H,3-5H2,1-2H3. The van der Waals surface area contributed by atoms with E-state index in [1.54, 1.807) is 13.8 Å². The third-order valence-corrected chi connectivity index (χ3v) is 6.90. The first-order chi connectivity index (χ1) is 18.7. The molecule has 0 aliphatic carbocycles. The van der Waals surface area contributed by atoms with Crippen molar-refractivity contribution in [3.63, 3.8) is 0 Å².